The van der Waals surface area contributed by atoms with Gasteiger partial charge >= 0.3 is 0 Å². The third-order valence-electron chi connectivity index (χ3n) is 6.41. The first-order valence-corrected chi connectivity index (χ1v) is 8.37. The summed E-state index contributed by atoms with van der Waals surface area (Å²) in [5, 5.41) is 9.64. The van der Waals surface area contributed by atoms with E-state index in [2.05, 4.69) is 26.8 Å². The molecule has 0 aromatic heterocycles. The van der Waals surface area contributed by atoms with Gasteiger partial charge in [0.2, 0.25) is 0 Å². The molecule has 2 bridgehead atoms. The molecule has 1 N–H and O–H groups in total. The second-order valence-electron chi connectivity index (χ2n) is 8.19. The number of ether oxygens (including phenoxy) is 1. The lowest BCUT2D eigenvalue weighted by molar-refractivity contribution is -0.132. The van der Waals surface area contributed by atoms with Crippen molar-refractivity contribution in [1.29, 1.82) is 0 Å². The van der Waals surface area contributed by atoms with Crippen LogP contribution in [0.2, 0.25) is 0 Å². The summed E-state index contributed by atoms with van der Waals surface area (Å²) in [6.07, 6.45) is 10.3. The van der Waals surface area contributed by atoms with E-state index in [0.717, 1.165) is 12.8 Å². The first-order valence-electron chi connectivity index (χ1n) is 8.37. The lowest BCUT2D eigenvalue weighted by atomic mass is 9.55. The second kappa shape index (κ2) is 4.58. The highest BCUT2D eigenvalue weighted by atomic mass is 16.5. The average Bonchev–Trinajstić information content (AvgIpc) is 2.58. The van der Waals surface area contributed by atoms with Crippen LogP contribution in [0.3, 0.4) is 0 Å². The van der Waals surface area contributed by atoms with Crippen molar-refractivity contribution >= 4 is 0 Å². The molecule has 1 spiro atoms. The van der Waals surface area contributed by atoms with Gasteiger partial charge in [-0.25, -0.2) is 0 Å². The van der Waals surface area contributed by atoms with E-state index in [-0.39, 0.29) is 17.3 Å². The van der Waals surface area contributed by atoms with E-state index in [1.807, 2.05) is 6.92 Å². The molecule has 1 saturated heterocycles. The molecular formula is C18H30O2. The SMILES string of the molecule is C[C@H](O)CCC1=CCC[C@@]2(C)CC[C@@H]3C[C@]12OC3(C)C. The Hall–Kier alpha value is -0.340. The maximum absolute atomic E-state index is 9.64. The third-order valence-corrected chi connectivity index (χ3v) is 6.41. The minimum absolute atomic E-state index is 0.0129. The first kappa shape index (κ1) is 14.6. The highest BCUT2D eigenvalue weighted by molar-refractivity contribution is 5.31. The molecular weight excluding hydrogens is 248 g/mol. The number of hydrogen-bond acceptors (Lipinski definition) is 2. The van der Waals surface area contributed by atoms with Crippen LogP contribution in [0.25, 0.3) is 0 Å². The molecule has 2 nitrogen and oxygen atoms in total. The van der Waals surface area contributed by atoms with Crippen LogP contribution in [-0.4, -0.2) is 22.4 Å². The van der Waals surface area contributed by atoms with Crippen molar-refractivity contribution in [2.75, 3.05) is 0 Å². The van der Waals surface area contributed by atoms with Crippen molar-refractivity contribution in [2.24, 2.45) is 11.3 Å². The largest absolute Gasteiger partial charge is 0.393 e. The summed E-state index contributed by atoms with van der Waals surface area (Å²) in [5.41, 5.74) is 1.77. The lowest BCUT2D eigenvalue weighted by Crippen LogP contribution is -2.51. The van der Waals surface area contributed by atoms with Gasteiger partial charge in [0.25, 0.3) is 0 Å². The smallest absolute Gasteiger partial charge is 0.0955 e. The molecule has 1 aliphatic heterocycles. The maximum atomic E-state index is 9.64. The molecule has 1 saturated carbocycles. The zero-order valence-corrected chi connectivity index (χ0v) is 13.5. The predicted molar refractivity (Wildman–Crippen MR) is 81.6 cm³/mol. The summed E-state index contributed by atoms with van der Waals surface area (Å²) in [6.45, 7) is 8.89. The van der Waals surface area contributed by atoms with Gasteiger partial charge in [-0.1, -0.05) is 13.0 Å². The summed E-state index contributed by atoms with van der Waals surface area (Å²) in [7, 11) is 0. The minimum Gasteiger partial charge on any atom is -0.393 e. The number of fused-ring (bicyclic) bond motifs is 1. The van der Waals surface area contributed by atoms with Gasteiger partial charge in [0.1, 0.15) is 0 Å². The Labute approximate surface area is 123 Å². The van der Waals surface area contributed by atoms with Crippen molar-refractivity contribution in [1.82, 2.24) is 0 Å². The summed E-state index contributed by atoms with van der Waals surface area (Å²) in [6, 6.07) is 0. The van der Waals surface area contributed by atoms with Crippen LogP contribution >= 0.6 is 0 Å². The van der Waals surface area contributed by atoms with Crippen LogP contribution in [0.4, 0.5) is 0 Å². The number of rotatable bonds is 3. The van der Waals surface area contributed by atoms with Gasteiger partial charge in [-0.05, 0) is 77.2 Å². The van der Waals surface area contributed by atoms with Crippen molar-refractivity contribution < 1.29 is 9.84 Å². The van der Waals surface area contributed by atoms with Gasteiger partial charge in [-0.2, -0.15) is 0 Å². The van der Waals surface area contributed by atoms with Crippen LogP contribution in [0.1, 0.15) is 72.6 Å². The monoisotopic (exact) mass is 278 g/mol. The number of hydrogen-bond donors (Lipinski definition) is 1. The molecule has 114 valence electrons. The molecule has 20 heavy (non-hydrogen) atoms. The standard InChI is InChI=1S/C18H30O2/c1-13(19)7-8-14-6-5-10-17(4)11-9-15-12-18(14,17)20-16(15,2)3/h6,13,15,19H,5,7-12H2,1-4H3/t13-,15+,17-,18-/m0/s1. The molecule has 4 atom stereocenters. The van der Waals surface area contributed by atoms with Gasteiger partial charge < -0.3 is 9.84 Å². The predicted octanol–water partition coefficient (Wildman–Crippen LogP) is 4.22. The molecule has 2 fully saturated rings. The summed E-state index contributed by atoms with van der Waals surface area (Å²) >= 11 is 0. The van der Waals surface area contributed by atoms with E-state index in [1.165, 1.54) is 37.7 Å². The van der Waals surface area contributed by atoms with E-state index in [0.29, 0.717) is 11.3 Å². The van der Waals surface area contributed by atoms with E-state index in [1.54, 1.807) is 0 Å². The Bertz CT molecular complexity index is 423. The molecule has 3 rings (SSSR count). The van der Waals surface area contributed by atoms with E-state index >= 15 is 0 Å². The lowest BCUT2D eigenvalue weighted by Gasteiger charge is -2.52. The summed E-state index contributed by atoms with van der Waals surface area (Å²) in [5.74, 6) is 0.698. The average molecular weight is 278 g/mol. The normalized spacial score (nSPS) is 43.9. The minimum atomic E-state index is -0.214. The van der Waals surface area contributed by atoms with Crippen molar-refractivity contribution in [3.8, 4) is 0 Å². The van der Waals surface area contributed by atoms with Gasteiger partial charge in [0.15, 0.2) is 0 Å². The Morgan fingerprint density at radius 2 is 2.10 bits per heavy atom. The van der Waals surface area contributed by atoms with Crippen LogP contribution in [-0.2, 0) is 4.74 Å². The Morgan fingerprint density at radius 1 is 1.35 bits per heavy atom. The molecule has 3 aliphatic rings. The Balaban J connectivity index is 1.94. The third kappa shape index (κ3) is 1.99. The van der Waals surface area contributed by atoms with E-state index < -0.39 is 0 Å². The van der Waals surface area contributed by atoms with Gasteiger partial charge in [-0.3, -0.25) is 0 Å². The van der Waals surface area contributed by atoms with Crippen LogP contribution in [0.15, 0.2) is 11.6 Å². The van der Waals surface area contributed by atoms with Gasteiger partial charge in [0.05, 0.1) is 17.3 Å². The summed E-state index contributed by atoms with van der Waals surface area (Å²) < 4.78 is 6.76. The van der Waals surface area contributed by atoms with Crippen LogP contribution in [0.5, 0.6) is 0 Å². The van der Waals surface area contributed by atoms with Crippen LogP contribution in [0, 0.1) is 11.3 Å². The first-order chi connectivity index (χ1) is 9.29. The topological polar surface area (TPSA) is 29.5 Å². The van der Waals surface area contributed by atoms with E-state index in [4.69, 9.17) is 4.74 Å². The van der Waals surface area contributed by atoms with Crippen molar-refractivity contribution in [2.45, 2.75) is 89.9 Å². The Kier molecular flexibility index (Phi) is 3.34. The second-order valence-corrected chi connectivity index (χ2v) is 8.19. The van der Waals surface area contributed by atoms with Gasteiger partial charge in [-0.15, -0.1) is 0 Å². The molecule has 2 aliphatic carbocycles. The number of aliphatic hydroxyl groups excluding tert-OH is 1. The summed E-state index contributed by atoms with van der Waals surface area (Å²) in [4.78, 5) is 0. The van der Waals surface area contributed by atoms with Crippen molar-refractivity contribution in [3.63, 3.8) is 0 Å². The molecule has 0 unspecified atom stereocenters. The maximum Gasteiger partial charge on any atom is 0.0955 e. The molecule has 0 radical (unpaired) electrons. The fourth-order valence-electron chi connectivity index (χ4n) is 4.99. The Morgan fingerprint density at radius 3 is 2.80 bits per heavy atom. The van der Waals surface area contributed by atoms with Crippen LogP contribution < -0.4 is 0 Å². The number of allylic oxidation sites excluding steroid dienone is 1. The highest BCUT2D eigenvalue weighted by Gasteiger charge is 2.64. The highest BCUT2D eigenvalue weighted by Crippen LogP contribution is 2.65. The zero-order valence-electron chi connectivity index (χ0n) is 13.5. The van der Waals surface area contributed by atoms with Crippen molar-refractivity contribution in [3.05, 3.63) is 11.6 Å². The molecule has 0 aromatic carbocycles. The quantitative estimate of drug-likeness (QED) is 0.783. The fraction of sp³-hybridized carbons (Fsp3) is 0.889. The van der Waals surface area contributed by atoms with Gasteiger partial charge in [0, 0.05) is 5.41 Å². The molecule has 0 amide bonds. The fourth-order valence-corrected chi connectivity index (χ4v) is 4.99. The zero-order chi connectivity index (χ0) is 14.6. The van der Waals surface area contributed by atoms with E-state index in [9.17, 15) is 5.11 Å². The number of aliphatic hydroxyl groups is 1. The molecule has 1 heterocycles. The molecule has 0 aromatic rings. The molecule has 2 heteroatoms.